The molecule has 1 unspecified atom stereocenters. The van der Waals surface area contributed by atoms with E-state index in [1.165, 1.54) is 17.3 Å². The first-order valence-corrected chi connectivity index (χ1v) is 7.89. The number of amides is 1. The van der Waals surface area contributed by atoms with Crippen LogP contribution in [0.25, 0.3) is 5.69 Å². The lowest BCUT2D eigenvalue weighted by Gasteiger charge is -2.21. The fourth-order valence-corrected chi connectivity index (χ4v) is 2.11. The van der Waals surface area contributed by atoms with Crippen LogP contribution >= 0.6 is 0 Å². The SMILES string of the molecule is CC(C)(C)OCCC(NC(=O)c1cccc(-n2cncn2)c1)C(=O)O. The molecule has 0 aliphatic heterocycles. The normalized spacial score (nSPS) is 12.6. The van der Waals surface area contributed by atoms with Gasteiger partial charge in [-0.05, 0) is 39.0 Å². The van der Waals surface area contributed by atoms with Gasteiger partial charge in [-0.25, -0.2) is 14.5 Å². The highest BCUT2D eigenvalue weighted by Gasteiger charge is 2.22. The molecule has 1 atom stereocenters. The monoisotopic (exact) mass is 346 g/mol. The number of nitrogens with one attached hydrogen (secondary N) is 1. The van der Waals surface area contributed by atoms with E-state index in [9.17, 15) is 14.7 Å². The predicted molar refractivity (Wildman–Crippen MR) is 90.6 cm³/mol. The smallest absolute Gasteiger partial charge is 0.326 e. The van der Waals surface area contributed by atoms with Crippen molar-refractivity contribution in [3.63, 3.8) is 0 Å². The Kier molecular flexibility index (Phi) is 5.87. The first-order chi connectivity index (χ1) is 11.8. The Hall–Kier alpha value is -2.74. The van der Waals surface area contributed by atoms with E-state index in [0.29, 0.717) is 11.3 Å². The van der Waals surface area contributed by atoms with Gasteiger partial charge in [0.1, 0.15) is 18.7 Å². The van der Waals surface area contributed by atoms with Crippen molar-refractivity contribution in [1.29, 1.82) is 0 Å². The van der Waals surface area contributed by atoms with Gasteiger partial charge in [-0.3, -0.25) is 4.79 Å². The molecule has 1 aromatic carbocycles. The minimum atomic E-state index is -1.10. The Bertz CT molecular complexity index is 722. The third-order valence-corrected chi connectivity index (χ3v) is 3.34. The van der Waals surface area contributed by atoms with Crippen LogP contribution in [0.15, 0.2) is 36.9 Å². The number of carbonyl (C=O) groups is 2. The molecule has 0 aliphatic rings. The lowest BCUT2D eigenvalue weighted by molar-refractivity contribution is -0.140. The largest absolute Gasteiger partial charge is 0.480 e. The quantitative estimate of drug-likeness (QED) is 0.790. The average molecular weight is 346 g/mol. The van der Waals surface area contributed by atoms with Gasteiger partial charge in [0.05, 0.1) is 11.3 Å². The van der Waals surface area contributed by atoms with Gasteiger partial charge in [-0.1, -0.05) is 6.07 Å². The summed E-state index contributed by atoms with van der Waals surface area (Å²) in [6.45, 7) is 5.89. The molecule has 8 nitrogen and oxygen atoms in total. The van der Waals surface area contributed by atoms with Gasteiger partial charge in [0.25, 0.3) is 5.91 Å². The summed E-state index contributed by atoms with van der Waals surface area (Å²) in [6.07, 6.45) is 3.09. The summed E-state index contributed by atoms with van der Waals surface area (Å²) in [7, 11) is 0. The molecule has 25 heavy (non-hydrogen) atoms. The average Bonchev–Trinajstić information content (AvgIpc) is 3.07. The fraction of sp³-hybridized carbons (Fsp3) is 0.412. The Morgan fingerprint density at radius 2 is 2.12 bits per heavy atom. The maximum Gasteiger partial charge on any atom is 0.326 e. The summed E-state index contributed by atoms with van der Waals surface area (Å²) >= 11 is 0. The van der Waals surface area contributed by atoms with E-state index in [1.807, 2.05) is 20.8 Å². The zero-order valence-corrected chi connectivity index (χ0v) is 14.5. The van der Waals surface area contributed by atoms with E-state index < -0.39 is 17.9 Å². The molecule has 134 valence electrons. The van der Waals surface area contributed by atoms with E-state index in [4.69, 9.17) is 4.74 Å². The Labute approximate surface area is 145 Å². The molecule has 2 N–H and O–H groups in total. The van der Waals surface area contributed by atoms with Crippen molar-refractivity contribution in [2.75, 3.05) is 6.61 Å². The van der Waals surface area contributed by atoms with Crippen LogP contribution < -0.4 is 5.32 Å². The first kappa shape index (κ1) is 18.6. The molecule has 1 aromatic heterocycles. The summed E-state index contributed by atoms with van der Waals surface area (Å²) in [5.74, 6) is -1.57. The van der Waals surface area contributed by atoms with E-state index in [0.717, 1.165) is 0 Å². The number of aliphatic carboxylic acids is 1. The van der Waals surface area contributed by atoms with E-state index >= 15 is 0 Å². The summed E-state index contributed by atoms with van der Waals surface area (Å²) in [5, 5.41) is 15.8. The predicted octanol–water partition coefficient (Wildman–Crippen LogP) is 1.66. The summed E-state index contributed by atoms with van der Waals surface area (Å²) < 4.78 is 7.05. The Balaban J connectivity index is 2.03. The molecule has 0 bridgehead atoms. The van der Waals surface area contributed by atoms with Gasteiger partial charge in [0.2, 0.25) is 0 Å². The zero-order valence-electron chi connectivity index (χ0n) is 14.5. The molecule has 0 aliphatic carbocycles. The number of aromatic nitrogens is 3. The van der Waals surface area contributed by atoms with Crippen molar-refractivity contribution in [3.05, 3.63) is 42.5 Å². The van der Waals surface area contributed by atoms with Gasteiger partial charge < -0.3 is 15.2 Å². The Morgan fingerprint density at radius 1 is 1.36 bits per heavy atom. The highest BCUT2D eigenvalue weighted by Crippen LogP contribution is 2.11. The van der Waals surface area contributed by atoms with Crippen molar-refractivity contribution in [2.24, 2.45) is 0 Å². The van der Waals surface area contributed by atoms with Gasteiger partial charge >= 0.3 is 5.97 Å². The van der Waals surface area contributed by atoms with Crippen molar-refractivity contribution in [2.45, 2.75) is 38.8 Å². The molecule has 0 radical (unpaired) electrons. The first-order valence-electron chi connectivity index (χ1n) is 7.89. The minimum absolute atomic E-state index is 0.182. The number of carboxylic acids is 1. The van der Waals surface area contributed by atoms with Crippen LogP contribution in [0.5, 0.6) is 0 Å². The third-order valence-electron chi connectivity index (χ3n) is 3.34. The number of nitrogens with zero attached hydrogens (tertiary/aromatic N) is 3. The number of rotatable bonds is 7. The summed E-state index contributed by atoms with van der Waals surface area (Å²) in [5.41, 5.74) is 0.642. The number of benzene rings is 1. The van der Waals surface area contributed by atoms with Crippen LogP contribution in [0.3, 0.4) is 0 Å². The number of ether oxygens (including phenoxy) is 1. The molecule has 8 heteroatoms. The lowest BCUT2D eigenvalue weighted by Crippen LogP contribution is -2.42. The molecule has 0 saturated carbocycles. The second-order valence-corrected chi connectivity index (χ2v) is 6.50. The van der Waals surface area contributed by atoms with Crippen molar-refractivity contribution in [1.82, 2.24) is 20.1 Å². The molecule has 0 saturated heterocycles. The van der Waals surface area contributed by atoms with Crippen LogP contribution in [0.4, 0.5) is 0 Å². The van der Waals surface area contributed by atoms with Crippen LogP contribution in [-0.4, -0.2) is 50.0 Å². The molecule has 0 spiro atoms. The van der Waals surface area contributed by atoms with Crippen LogP contribution in [0.1, 0.15) is 37.6 Å². The molecular weight excluding hydrogens is 324 g/mol. The van der Waals surface area contributed by atoms with Gasteiger partial charge in [-0.15, -0.1) is 0 Å². The highest BCUT2D eigenvalue weighted by atomic mass is 16.5. The number of carboxylic acid groups (broad SMARTS) is 1. The number of carbonyl (C=O) groups excluding carboxylic acids is 1. The summed E-state index contributed by atoms with van der Waals surface area (Å²) in [4.78, 5) is 27.6. The third kappa shape index (κ3) is 5.68. The standard InChI is InChI=1S/C17H22N4O4/c1-17(2,3)25-8-7-14(16(23)24)20-15(22)12-5-4-6-13(9-12)21-11-18-10-19-21/h4-6,9-11,14H,7-8H2,1-3H3,(H,20,22)(H,23,24). The summed E-state index contributed by atoms with van der Waals surface area (Å²) in [6, 6.07) is 5.68. The second kappa shape index (κ2) is 7.89. The molecule has 2 rings (SSSR count). The van der Waals surface area contributed by atoms with Crippen molar-refractivity contribution >= 4 is 11.9 Å². The fourth-order valence-electron chi connectivity index (χ4n) is 2.11. The zero-order chi connectivity index (χ0) is 18.4. The van der Waals surface area contributed by atoms with Crippen LogP contribution in [0.2, 0.25) is 0 Å². The van der Waals surface area contributed by atoms with E-state index in [-0.39, 0.29) is 18.6 Å². The van der Waals surface area contributed by atoms with Gasteiger partial charge in [0.15, 0.2) is 0 Å². The second-order valence-electron chi connectivity index (χ2n) is 6.50. The molecular formula is C17H22N4O4. The number of hydrogen-bond donors (Lipinski definition) is 2. The highest BCUT2D eigenvalue weighted by molar-refractivity contribution is 5.97. The molecule has 0 fully saturated rings. The molecule has 1 amide bonds. The topological polar surface area (TPSA) is 106 Å². The van der Waals surface area contributed by atoms with Crippen molar-refractivity contribution < 1.29 is 19.4 Å². The molecule has 2 aromatic rings. The maximum atomic E-state index is 12.4. The maximum absolute atomic E-state index is 12.4. The van der Waals surface area contributed by atoms with E-state index in [2.05, 4.69) is 15.4 Å². The minimum Gasteiger partial charge on any atom is -0.480 e. The number of hydrogen-bond acceptors (Lipinski definition) is 5. The van der Waals surface area contributed by atoms with E-state index in [1.54, 1.807) is 24.3 Å². The Morgan fingerprint density at radius 3 is 2.72 bits per heavy atom. The van der Waals surface area contributed by atoms with Gasteiger partial charge in [0, 0.05) is 18.6 Å². The van der Waals surface area contributed by atoms with Crippen LogP contribution in [0, 0.1) is 0 Å². The molecule has 1 heterocycles. The lowest BCUT2D eigenvalue weighted by atomic mass is 10.1. The van der Waals surface area contributed by atoms with Crippen molar-refractivity contribution in [3.8, 4) is 5.69 Å². The van der Waals surface area contributed by atoms with Crippen LogP contribution in [-0.2, 0) is 9.53 Å². The van der Waals surface area contributed by atoms with Gasteiger partial charge in [-0.2, -0.15) is 5.10 Å².